The Morgan fingerprint density at radius 3 is 1.47 bits per heavy atom. The molecule has 1 aromatic rings. The zero-order valence-corrected chi connectivity index (χ0v) is 26.6. The maximum atomic E-state index is 10.3. The van der Waals surface area contributed by atoms with Gasteiger partial charge in [0, 0.05) is 0 Å². The fraction of sp³-hybridized carbons (Fsp3) is 0.812. The molecule has 0 unspecified atom stereocenters. The van der Waals surface area contributed by atoms with Crippen LogP contribution in [0.25, 0.3) is 0 Å². The molecule has 1 nitrogen and oxygen atoms in total. The van der Waals surface area contributed by atoms with Gasteiger partial charge in [-0.1, -0.05) is 103 Å². The van der Waals surface area contributed by atoms with Crippen LogP contribution in [0.15, 0.2) is 18.2 Å². The first-order valence-corrected chi connectivity index (χ1v) is 19.2. The number of phenolic OH excluding ortho intramolecular Hbond substituents is 1. The first-order valence-electron chi connectivity index (χ1n) is 15.2. The normalized spacial score (nSPS) is 10.8. The molecule has 0 aliphatic rings. The Balaban J connectivity index is 0.00000102. The Morgan fingerprint density at radius 1 is 0.529 bits per heavy atom. The predicted molar refractivity (Wildman–Crippen MR) is 157 cm³/mol. The summed E-state index contributed by atoms with van der Waals surface area (Å²) < 4.78 is 3.25. The summed E-state index contributed by atoms with van der Waals surface area (Å²) >= 11 is 0.149. The molecular formula is C32H60OSn. The number of unbranched alkanes of at least 4 members (excludes halogenated alkanes) is 14. The molecule has 2 radical (unpaired) electrons. The summed E-state index contributed by atoms with van der Waals surface area (Å²) in [4.78, 5) is 0. The van der Waals surface area contributed by atoms with Crippen molar-refractivity contribution in [1.29, 1.82) is 0 Å². The van der Waals surface area contributed by atoms with E-state index in [2.05, 4.69) is 33.8 Å². The van der Waals surface area contributed by atoms with E-state index in [0.717, 1.165) is 12.8 Å². The van der Waals surface area contributed by atoms with E-state index in [0.29, 0.717) is 5.75 Å². The standard InChI is InChI=1S/C24H42O.2C4H9.Sn/c1-3-5-7-9-11-13-15-18-22-19-17-21-24(25)23(22)20-16-14-12-10-8-6-4-2;2*1-3-4-2;/h17,19,21,25H,3-16,18,20H2,1-2H3;2*1,3-4H2,2H3;. The van der Waals surface area contributed by atoms with Crippen LogP contribution < -0.4 is 0 Å². The molecule has 0 spiro atoms. The molecular weight excluding hydrogens is 519 g/mol. The summed E-state index contributed by atoms with van der Waals surface area (Å²) in [5.74, 6) is 0.520. The summed E-state index contributed by atoms with van der Waals surface area (Å²) in [7, 11) is 0. The Hall–Kier alpha value is -0.181. The minimum atomic E-state index is 0.149. The van der Waals surface area contributed by atoms with E-state index < -0.39 is 0 Å². The van der Waals surface area contributed by atoms with Crippen LogP contribution in [0.1, 0.15) is 154 Å². The maximum absolute atomic E-state index is 10.3. The van der Waals surface area contributed by atoms with Crippen molar-refractivity contribution in [2.24, 2.45) is 0 Å². The molecule has 0 atom stereocenters. The van der Waals surface area contributed by atoms with Crippen molar-refractivity contribution in [3.8, 4) is 5.75 Å². The Kier molecular flexibility index (Phi) is 27.3. The van der Waals surface area contributed by atoms with Crippen LogP contribution in [-0.4, -0.2) is 26.2 Å². The molecule has 0 fully saturated rings. The number of rotatable bonds is 22. The number of aryl methyl sites for hydroxylation is 1. The van der Waals surface area contributed by atoms with Gasteiger partial charge < -0.3 is 5.11 Å². The first-order chi connectivity index (χ1) is 16.7. The molecule has 0 aromatic heterocycles. The van der Waals surface area contributed by atoms with Gasteiger partial charge in [-0.25, -0.2) is 0 Å². The second-order valence-electron chi connectivity index (χ2n) is 10.1. The van der Waals surface area contributed by atoms with Crippen LogP contribution in [0.5, 0.6) is 5.75 Å². The van der Waals surface area contributed by atoms with E-state index in [1.54, 1.807) is 8.87 Å². The second-order valence-corrected chi connectivity index (χ2v) is 14.4. The molecule has 198 valence electrons. The average Bonchev–Trinajstić information content (AvgIpc) is 2.84. The average molecular weight is 580 g/mol. The molecule has 1 N–H and O–H groups in total. The van der Waals surface area contributed by atoms with Gasteiger partial charge in [0.1, 0.15) is 5.75 Å². The molecule has 1 aromatic carbocycles. The summed E-state index contributed by atoms with van der Waals surface area (Å²) in [5, 5.41) is 10.3. The van der Waals surface area contributed by atoms with Crippen molar-refractivity contribution in [3.05, 3.63) is 29.3 Å². The van der Waals surface area contributed by atoms with Crippen LogP contribution in [0.3, 0.4) is 0 Å². The quantitative estimate of drug-likeness (QED) is 0.107. The van der Waals surface area contributed by atoms with Crippen molar-refractivity contribution >= 4 is 21.1 Å². The topological polar surface area (TPSA) is 20.2 Å². The van der Waals surface area contributed by atoms with Crippen LogP contribution in [0.4, 0.5) is 0 Å². The zero-order chi connectivity index (χ0) is 25.1. The summed E-state index contributed by atoms with van der Waals surface area (Å²) in [6.07, 6.45) is 26.8. The molecule has 2 heteroatoms. The number of aromatic hydroxyl groups is 1. The summed E-state index contributed by atoms with van der Waals surface area (Å²) in [5.41, 5.74) is 2.61. The zero-order valence-electron chi connectivity index (χ0n) is 23.7. The van der Waals surface area contributed by atoms with E-state index in [1.807, 2.05) is 12.1 Å². The van der Waals surface area contributed by atoms with E-state index in [1.165, 1.54) is 127 Å². The third-order valence-corrected chi connectivity index (χ3v) is 10.8. The molecule has 1 rings (SSSR count). The number of phenols is 1. The number of hydrogen-bond acceptors (Lipinski definition) is 1. The van der Waals surface area contributed by atoms with Gasteiger partial charge in [-0.05, 0) is 42.9 Å². The van der Waals surface area contributed by atoms with Gasteiger partial charge in [0.25, 0.3) is 0 Å². The molecule has 0 aliphatic carbocycles. The molecule has 0 saturated carbocycles. The third kappa shape index (κ3) is 21.1. The molecule has 0 aliphatic heterocycles. The van der Waals surface area contributed by atoms with Crippen molar-refractivity contribution in [2.45, 2.75) is 165 Å². The monoisotopic (exact) mass is 580 g/mol. The Labute approximate surface area is 225 Å². The van der Waals surface area contributed by atoms with Gasteiger partial charge >= 0.3 is 69.5 Å². The second kappa shape index (κ2) is 27.4. The van der Waals surface area contributed by atoms with Crippen molar-refractivity contribution < 1.29 is 5.11 Å². The fourth-order valence-electron chi connectivity index (χ4n) is 4.40. The van der Waals surface area contributed by atoms with E-state index in [-0.39, 0.29) is 21.1 Å². The van der Waals surface area contributed by atoms with E-state index in [4.69, 9.17) is 0 Å². The van der Waals surface area contributed by atoms with Gasteiger partial charge in [0.15, 0.2) is 0 Å². The van der Waals surface area contributed by atoms with Crippen LogP contribution >= 0.6 is 0 Å². The van der Waals surface area contributed by atoms with Crippen molar-refractivity contribution in [3.63, 3.8) is 0 Å². The first kappa shape index (κ1) is 33.8. The molecule has 0 heterocycles. The molecule has 0 saturated heterocycles. The number of hydrogen-bond donors (Lipinski definition) is 1. The summed E-state index contributed by atoms with van der Waals surface area (Å²) in [6.45, 7) is 9.12. The van der Waals surface area contributed by atoms with Gasteiger partial charge in [0.05, 0.1) is 0 Å². The third-order valence-electron chi connectivity index (χ3n) is 6.74. The van der Waals surface area contributed by atoms with Crippen LogP contribution in [0, 0.1) is 0 Å². The van der Waals surface area contributed by atoms with E-state index >= 15 is 0 Å². The predicted octanol–water partition coefficient (Wildman–Crippen LogP) is 11.1. The molecule has 0 bridgehead atoms. The van der Waals surface area contributed by atoms with E-state index in [9.17, 15) is 5.11 Å². The fourth-order valence-corrected chi connectivity index (χ4v) is 8.56. The van der Waals surface area contributed by atoms with Crippen LogP contribution in [-0.2, 0) is 12.8 Å². The van der Waals surface area contributed by atoms with Gasteiger partial charge in [-0.3, -0.25) is 0 Å². The van der Waals surface area contributed by atoms with Gasteiger partial charge in [0.2, 0.25) is 0 Å². The summed E-state index contributed by atoms with van der Waals surface area (Å²) in [6, 6.07) is 6.11. The molecule has 34 heavy (non-hydrogen) atoms. The van der Waals surface area contributed by atoms with Crippen molar-refractivity contribution in [1.82, 2.24) is 0 Å². The van der Waals surface area contributed by atoms with Gasteiger partial charge in [-0.2, -0.15) is 0 Å². The van der Waals surface area contributed by atoms with Crippen LogP contribution in [0.2, 0.25) is 8.87 Å². The van der Waals surface area contributed by atoms with Gasteiger partial charge in [-0.15, -0.1) is 0 Å². The SMILES string of the molecule is CCCCCCCCCc1cccc(O)c1CCCCCCCCC.CCC[CH2][Sn][CH2]CCC. The molecule has 0 amide bonds. The minimum absolute atomic E-state index is 0.149. The number of benzene rings is 1. The Bertz CT molecular complexity index is 522. The Morgan fingerprint density at radius 2 is 0.971 bits per heavy atom. The van der Waals surface area contributed by atoms with Crippen molar-refractivity contribution in [2.75, 3.05) is 0 Å².